The van der Waals surface area contributed by atoms with Crippen molar-refractivity contribution in [2.24, 2.45) is 0 Å². The van der Waals surface area contributed by atoms with Crippen LogP contribution in [0, 0.1) is 0 Å². The lowest BCUT2D eigenvalue weighted by Gasteiger charge is -2.06. The third-order valence-corrected chi connectivity index (χ3v) is 4.42. The van der Waals surface area contributed by atoms with Gasteiger partial charge in [-0.1, -0.05) is 41.9 Å². The molecule has 0 spiro atoms. The molecule has 0 aliphatic rings. The Morgan fingerprint density at radius 2 is 1.95 bits per heavy atom. The van der Waals surface area contributed by atoms with Gasteiger partial charge < -0.3 is 10.2 Å². The van der Waals surface area contributed by atoms with Crippen LogP contribution in [-0.2, 0) is 13.0 Å². The van der Waals surface area contributed by atoms with Gasteiger partial charge in [0.1, 0.15) is 0 Å². The SMILES string of the molecule is CCc1nn(CCO)c(C(=O)O)c1Sc1cc(Cl)cc(Cl)c1. The highest BCUT2D eigenvalue weighted by Crippen LogP contribution is 2.36. The van der Waals surface area contributed by atoms with Gasteiger partial charge in [0, 0.05) is 14.9 Å². The van der Waals surface area contributed by atoms with E-state index in [0.717, 1.165) is 4.90 Å². The third kappa shape index (κ3) is 3.76. The molecule has 1 heterocycles. The predicted octanol–water partition coefficient (Wildman–Crippen LogP) is 3.59. The number of carbonyl (C=O) groups is 1. The second kappa shape index (κ2) is 7.37. The van der Waals surface area contributed by atoms with Crippen LogP contribution < -0.4 is 0 Å². The number of hydrogen-bond acceptors (Lipinski definition) is 4. The molecule has 2 rings (SSSR count). The molecule has 0 saturated heterocycles. The first-order valence-corrected chi connectivity index (χ1v) is 8.11. The molecule has 0 radical (unpaired) electrons. The summed E-state index contributed by atoms with van der Waals surface area (Å²) in [5.41, 5.74) is 0.721. The lowest BCUT2D eigenvalue weighted by atomic mass is 10.3. The first-order valence-electron chi connectivity index (χ1n) is 6.54. The van der Waals surface area contributed by atoms with Crippen LogP contribution in [-0.4, -0.2) is 32.6 Å². The topological polar surface area (TPSA) is 75.3 Å². The Hall–Kier alpha value is -1.21. The Balaban J connectivity index is 2.50. The van der Waals surface area contributed by atoms with E-state index in [1.165, 1.54) is 16.4 Å². The number of carboxylic acid groups (broad SMARTS) is 1. The summed E-state index contributed by atoms with van der Waals surface area (Å²) in [5, 5.41) is 23.8. The summed E-state index contributed by atoms with van der Waals surface area (Å²) in [4.78, 5) is 12.8. The van der Waals surface area contributed by atoms with Gasteiger partial charge in [-0.05, 0) is 24.6 Å². The number of carboxylic acids is 1. The molecule has 5 nitrogen and oxygen atoms in total. The molecular weight excluding hydrogens is 347 g/mol. The lowest BCUT2D eigenvalue weighted by Crippen LogP contribution is -2.12. The molecule has 22 heavy (non-hydrogen) atoms. The minimum atomic E-state index is -1.09. The molecule has 8 heteroatoms. The van der Waals surface area contributed by atoms with Crippen LogP contribution >= 0.6 is 35.0 Å². The highest BCUT2D eigenvalue weighted by Gasteiger charge is 2.23. The Bertz CT molecular complexity index is 683. The Morgan fingerprint density at radius 1 is 1.32 bits per heavy atom. The molecule has 2 N–H and O–H groups in total. The first kappa shape index (κ1) is 17.1. The molecule has 118 valence electrons. The molecule has 0 aliphatic carbocycles. The number of aromatic nitrogens is 2. The zero-order valence-electron chi connectivity index (χ0n) is 11.7. The summed E-state index contributed by atoms with van der Waals surface area (Å²) in [7, 11) is 0. The van der Waals surface area contributed by atoms with Crippen LogP contribution in [0.2, 0.25) is 10.0 Å². The van der Waals surface area contributed by atoms with Gasteiger partial charge in [-0.15, -0.1) is 0 Å². The largest absolute Gasteiger partial charge is 0.476 e. The van der Waals surface area contributed by atoms with Crippen molar-refractivity contribution in [1.82, 2.24) is 9.78 Å². The van der Waals surface area contributed by atoms with E-state index in [1.807, 2.05) is 6.92 Å². The third-order valence-electron chi connectivity index (χ3n) is 2.88. The van der Waals surface area contributed by atoms with E-state index in [4.69, 9.17) is 28.3 Å². The van der Waals surface area contributed by atoms with Crippen molar-refractivity contribution in [3.63, 3.8) is 0 Å². The molecular formula is C14H14Cl2N2O3S. The summed E-state index contributed by atoms with van der Waals surface area (Å²) in [6.45, 7) is 1.84. The number of rotatable bonds is 6. The highest BCUT2D eigenvalue weighted by molar-refractivity contribution is 7.99. The molecule has 0 fully saturated rings. The molecule has 0 unspecified atom stereocenters. The van der Waals surface area contributed by atoms with E-state index in [-0.39, 0.29) is 18.8 Å². The van der Waals surface area contributed by atoms with E-state index in [0.29, 0.717) is 27.1 Å². The van der Waals surface area contributed by atoms with E-state index >= 15 is 0 Å². The minimum absolute atomic E-state index is 0.0620. The van der Waals surface area contributed by atoms with Gasteiger partial charge >= 0.3 is 5.97 Å². The van der Waals surface area contributed by atoms with Crippen molar-refractivity contribution >= 4 is 40.9 Å². The molecule has 0 atom stereocenters. The average Bonchev–Trinajstić information content (AvgIpc) is 2.75. The predicted molar refractivity (Wildman–Crippen MR) is 86.2 cm³/mol. The van der Waals surface area contributed by atoms with Crippen molar-refractivity contribution in [2.75, 3.05) is 6.61 Å². The second-order valence-electron chi connectivity index (χ2n) is 4.44. The van der Waals surface area contributed by atoms with E-state index in [9.17, 15) is 9.90 Å². The monoisotopic (exact) mass is 360 g/mol. The summed E-state index contributed by atoms with van der Waals surface area (Å²) in [5.74, 6) is -1.09. The van der Waals surface area contributed by atoms with E-state index < -0.39 is 5.97 Å². The first-order chi connectivity index (χ1) is 10.5. The summed E-state index contributed by atoms with van der Waals surface area (Å²) < 4.78 is 1.32. The van der Waals surface area contributed by atoms with Gasteiger partial charge in [0.25, 0.3) is 0 Å². The lowest BCUT2D eigenvalue weighted by molar-refractivity contribution is 0.0677. The summed E-state index contributed by atoms with van der Waals surface area (Å²) in [6, 6.07) is 5.04. The number of benzene rings is 1. The molecule has 0 amide bonds. The van der Waals surface area contributed by atoms with Gasteiger partial charge in [-0.25, -0.2) is 4.79 Å². The standard InChI is InChI=1S/C14H14Cl2N2O3S/c1-2-11-13(12(14(20)21)18(17-11)3-4-19)22-10-6-8(15)5-9(16)7-10/h5-7,19H,2-4H2,1H3,(H,20,21). The molecule has 2 aromatic rings. The van der Waals surface area contributed by atoms with Crippen LogP contribution in [0.25, 0.3) is 0 Å². The van der Waals surface area contributed by atoms with Gasteiger partial charge in [-0.3, -0.25) is 4.68 Å². The maximum atomic E-state index is 11.6. The zero-order chi connectivity index (χ0) is 16.3. The number of aromatic carboxylic acids is 1. The quantitative estimate of drug-likeness (QED) is 0.822. The number of aliphatic hydroxyl groups excluding tert-OH is 1. The molecule has 0 bridgehead atoms. The van der Waals surface area contributed by atoms with E-state index in [2.05, 4.69) is 5.10 Å². The highest BCUT2D eigenvalue weighted by atomic mass is 35.5. The molecule has 1 aromatic heterocycles. The molecule has 0 aliphatic heterocycles. The molecule has 1 aromatic carbocycles. The van der Waals surface area contributed by atoms with Gasteiger partial charge in [0.2, 0.25) is 0 Å². The van der Waals surface area contributed by atoms with Crippen molar-refractivity contribution in [1.29, 1.82) is 0 Å². The second-order valence-corrected chi connectivity index (χ2v) is 6.39. The van der Waals surface area contributed by atoms with Crippen LogP contribution in [0.4, 0.5) is 0 Å². The van der Waals surface area contributed by atoms with Crippen LogP contribution in [0.1, 0.15) is 23.1 Å². The van der Waals surface area contributed by atoms with Crippen LogP contribution in [0.15, 0.2) is 28.0 Å². The van der Waals surface area contributed by atoms with Crippen molar-refractivity contribution in [2.45, 2.75) is 29.7 Å². The van der Waals surface area contributed by atoms with Crippen molar-refractivity contribution in [3.8, 4) is 0 Å². The fourth-order valence-corrected chi connectivity index (χ4v) is 3.86. The van der Waals surface area contributed by atoms with E-state index in [1.54, 1.807) is 18.2 Å². The maximum absolute atomic E-state index is 11.6. The normalized spacial score (nSPS) is 10.9. The minimum Gasteiger partial charge on any atom is -0.476 e. The fourth-order valence-electron chi connectivity index (χ4n) is 2.00. The smallest absolute Gasteiger partial charge is 0.355 e. The number of halogens is 2. The number of hydrogen-bond donors (Lipinski definition) is 2. The van der Waals surface area contributed by atoms with Gasteiger partial charge in [0.15, 0.2) is 5.69 Å². The summed E-state index contributed by atoms with van der Waals surface area (Å²) in [6.07, 6.45) is 0.579. The van der Waals surface area contributed by atoms with Crippen molar-refractivity contribution < 1.29 is 15.0 Å². The van der Waals surface area contributed by atoms with Crippen LogP contribution in [0.3, 0.4) is 0 Å². The van der Waals surface area contributed by atoms with Crippen LogP contribution in [0.5, 0.6) is 0 Å². The summed E-state index contributed by atoms with van der Waals surface area (Å²) >= 11 is 13.2. The Kier molecular flexibility index (Phi) is 5.74. The average molecular weight is 361 g/mol. The number of nitrogens with zero attached hydrogens (tertiary/aromatic N) is 2. The molecule has 0 saturated carbocycles. The number of aryl methyl sites for hydroxylation is 1. The number of aliphatic hydroxyl groups is 1. The zero-order valence-corrected chi connectivity index (χ0v) is 14.0. The van der Waals surface area contributed by atoms with Crippen molar-refractivity contribution in [3.05, 3.63) is 39.6 Å². The fraction of sp³-hybridized carbons (Fsp3) is 0.286. The van der Waals surface area contributed by atoms with Gasteiger partial charge in [0.05, 0.1) is 23.7 Å². The van der Waals surface area contributed by atoms with Gasteiger partial charge in [-0.2, -0.15) is 5.10 Å². The Morgan fingerprint density at radius 3 is 2.45 bits per heavy atom. The maximum Gasteiger partial charge on any atom is 0.355 e. The Labute approximate surface area is 141 Å².